The van der Waals surface area contributed by atoms with Gasteiger partial charge >= 0.3 is 6.18 Å². The number of aryl methyl sites for hydroxylation is 1. The lowest BCUT2D eigenvalue weighted by Crippen LogP contribution is -2.57. The Bertz CT molecular complexity index is 570. The van der Waals surface area contributed by atoms with Crippen LogP contribution in [0.15, 0.2) is 6.20 Å². The van der Waals surface area contributed by atoms with Crippen molar-refractivity contribution in [2.75, 3.05) is 13.2 Å². The third kappa shape index (κ3) is 2.60. The van der Waals surface area contributed by atoms with Gasteiger partial charge in [0.25, 0.3) is 5.91 Å². The zero-order chi connectivity index (χ0) is 15.9. The molecule has 0 aliphatic carbocycles. The Hall–Kier alpha value is -1.57. The van der Waals surface area contributed by atoms with Crippen LogP contribution in [0.2, 0.25) is 0 Å². The first-order chi connectivity index (χ1) is 10.4. The summed E-state index contributed by atoms with van der Waals surface area (Å²) < 4.78 is 45.5. The molecule has 3 rings (SSSR count). The minimum Gasteiger partial charge on any atom is -0.365 e. The van der Waals surface area contributed by atoms with Crippen molar-refractivity contribution in [3.63, 3.8) is 0 Å². The number of aromatic nitrogens is 2. The van der Waals surface area contributed by atoms with Gasteiger partial charge in [-0.15, -0.1) is 0 Å². The highest BCUT2D eigenvalue weighted by molar-refractivity contribution is 5.91. The van der Waals surface area contributed by atoms with Gasteiger partial charge in [-0.3, -0.25) is 4.79 Å². The molecule has 1 aromatic rings. The summed E-state index contributed by atoms with van der Waals surface area (Å²) in [5.41, 5.74) is 0.975. The van der Waals surface area contributed by atoms with Crippen LogP contribution in [0.25, 0.3) is 0 Å². The van der Waals surface area contributed by atoms with Gasteiger partial charge in [0, 0.05) is 25.0 Å². The fourth-order valence-corrected chi connectivity index (χ4v) is 3.17. The first-order valence-corrected chi connectivity index (χ1v) is 7.43. The number of hydrogen-bond donors (Lipinski definition) is 0. The van der Waals surface area contributed by atoms with E-state index in [2.05, 4.69) is 4.98 Å². The maximum Gasteiger partial charge on any atom is 0.416 e. The number of imidazole rings is 1. The van der Waals surface area contributed by atoms with E-state index in [1.54, 1.807) is 6.20 Å². The van der Waals surface area contributed by atoms with Gasteiger partial charge in [0.1, 0.15) is 0 Å². The largest absolute Gasteiger partial charge is 0.416 e. The zero-order valence-electron chi connectivity index (χ0n) is 12.3. The number of hydrogen-bond acceptors (Lipinski definition) is 3. The number of morpholine rings is 1. The molecular formula is C14H18F3N3O2. The Morgan fingerprint density at radius 2 is 2.14 bits per heavy atom. The Morgan fingerprint density at radius 3 is 2.86 bits per heavy atom. The molecule has 0 spiro atoms. The lowest BCUT2D eigenvalue weighted by molar-refractivity contribution is -0.247. The Morgan fingerprint density at radius 1 is 1.36 bits per heavy atom. The smallest absolute Gasteiger partial charge is 0.365 e. The van der Waals surface area contributed by atoms with Crippen molar-refractivity contribution in [2.24, 2.45) is 0 Å². The van der Waals surface area contributed by atoms with E-state index in [4.69, 9.17) is 4.74 Å². The number of halogens is 3. The van der Waals surface area contributed by atoms with Gasteiger partial charge in [-0.05, 0) is 26.2 Å². The molecule has 3 heterocycles. The average Bonchev–Trinajstić information content (AvgIpc) is 2.89. The van der Waals surface area contributed by atoms with E-state index < -0.39 is 24.2 Å². The Labute approximate surface area is 126 Å². The van der Waals surface area contributed by atoms with Crippen molar-refractivity contribution in [2.45, 2.75) is 51.1 Å². The SMILES string of the molecule is CC1C(C(F)(F)F)OCCN1C(=O)c1ncc2n1CCCC2. The third-order valence-corrected chi connectivity index (χ3v) is 4.34. The average molecular weight is 317 g/mol. The van der Waals surface area contributed by atoms with E-state index in [9.17, 15) is 18.0 Å². The van der Waals surface area contributed by atoms with Crippen molar-refractivity contribution >= 4 is 5.91 Å². The van der Waals surface area contributed by atoms with Crippen LogP contribution in [0.3, 0.4) is 0 Å². The van der Waals surface area contributed by atoms with Crippen molar-refractivity contribution in [3.05, 3.63) is 17.7 Å². The van der Waals surface area contributed by atoms with Crippen LogP contribution in [0.5, 0.6) is 0 Å². The molecule has 2 unspecified atom stereocenters. The summed E-state index contributed by atoms with van der Waals surface area (Å²) in [6.45, 7) is 2.09. The van der Waals surface area contributed by atoms with Crippen LogP contribution >= 0.6 is 0 Å². The first-order valence-electron chi connectivity index (χ1n) is 7.43. The molecule has 1 fully saturated rings. The molecule has 1 aromatic heterocycles. The fourth-order valence-electron chi connectivity index (χ4n) is 3.17. The second-order valence-corrected chi connectivity index (χ2v) is 5.75. The second-order valence-electron chi connectivity index (χ2n) is 5.75. The summed E-state index contributed by atoms with van der Waals surface area (Å²) in [5.74, 6) is -0.206. The number of carbonyl (C=O) groups is 1. The first kappa shape index (κ1) is 15.3. The molecule has 2 aliphatic rings. The maximum absolute atomic E-state index is 13.0. The molecule has 1 amide bonds. The van der Waals surface area contributed by atoms with Crippen LogP contribution in [-0.4, -0.2) is 51.8 Å². The number of carbonyl (C=O) groups excluding carboxylic acids is 1. The highest BCUT2D eigenvalue weighted by atomic mass is 19.4. The van der Waals surface area contributed by atoms with Crippen molar-refractivity contribution in [3.8, 4) is 0 Å². The van der Waals surface area contributed by atoms with Crippen LogP contribution in [0.4, 0.5) is 13.2 Å². The number of alkyl halides is 3. The Balaban J connectivity index is 1.84. The van der Waals surface area contributed by atoms with E-state index in [0.717, 1.165) is 25.0 Å². The second kappa shape index (κ2) is 5.57. The van der Waals surface area contributed by atoms with Gasteiger partial charge in [0.05, 0.1) is 12.6 Å². The number of ether oxygens (including phenoxy) is 1. The molecule has 22 heavy (non-hydrogen) atoms. The van der Waals surface area contributed by atoms with E-state index in [0.29, 0.717) is 6.54 Å². The van der Waals surface area contributed by atoms with Crippen LogP contribution in [0, 0.1) is 0 Å². The van der Waals surface area contributed by atoms with E-state index in [-0.39, 0.29) is 19.0 Å². The summed E-state index contributed by atoms with van der Waals surface area (Å²) >= 11 is 0. The summed E-state index contributed by atoms with van der Waals surface area (Å²) in [6, 6.07) is -1.06. The zero-order valence-corrected chi connectivity index (χ0v) is 12.3. The molecule has 0 N–H and O–H groups in total. The topological polar surface area (TPSA) is 47.4 Å². The van der Waals surface area contributed by atoms with Gasteiger partial charge in [-0.25, -0.2) is 4.98 Å². The predicted molar refractivity (Wildman–Crippen MR) is 71.5 cm³/mol. The number of amides is 1. The highest BCUT2D eigenvalue weighted by Crippen LogP contribution is 2.30. The summed E-state index contributed by atoms with van der Waals surface area (Å²) in [7, 11) is 0. The highest BCUT2D eigenvalue weighted by Gasteiger charge is 2.49. The molecule has 122 valence electrons. The predicted octanol–water partition coefficient (Wildman–Crippen LogP) is 2.01. The van der Waals surface area contributed by atoms with Gasteiger partial charge in [-0.1, -0.05) is 0 Å². The fraction of sp³-hybridized carbons (Fsp3) is 0.714. The Kier molecular flexibility index (Phi) is 3.88. The van der Waals surface area contributed by atoms with Crippen LogP contribution in [-0.2, 0) is 17.7 Å². The van der Waals surface area contributed by atoms with Gasteiger partial charge in [0.15, 0.2) is 11.9 Å². The molecule has 0 bridgehead atoms. The lowest BCUT2D eigenvalue weighted by atomic mass is 10.1. The number of rotatable bonds is 1. The summed E-state index contributed by atoms with van der Waals surface area (Å²) in [6.07, 6.45) is -1.93. The minimum absolute atomic E-state index is 0.117. The standard InChI is InChI=1S/C14H18F3N3O2/c1-9-11(14(15,16)17)22-7-6-19(9)13(21)12-18-8-10-4-2-3-5-20(10)12/h8-9,11H,2-7H2,1H3. The molecule has 1 saturated heterocycles. The van der Waals surface area contributed by atoms with Crippen LogP contribution < -0.4 is 0 Å². The third-order valence-electron chi connectivity index (χ3n) is 4.34. The van der Waals surface area contributed by atoms with E-state index in [1.165, 1.54) is 11.8 Å². The lowest BCUT2D eigenvalue weighted by Gasteiger charge is -2.39. The molecule has 0 radical (unpaired) electrons. The maximum atomic E-state index is 13.0. The quantitative estimate of drug-likeness (QED) is 0.796. The molecular weight excluding hydrogens is 299 g/mol. The molecule has 8 heteroatoms. The molecule has 0 saturated carbocycles. The molecule has 5 nitrogen and oxygen atoms in total. The van der Waals surface area contributed by atoms with E-state index >= 15 is 0 Å². The normalized spacial score (nSPS) is 25.9. The summed E-state index contributed by atoms with van der Waals surface area (Å²) in [4.78, 5) is 18.0. The van der Waals surface area contributed by atoms with E-state index in [1.807, 2.05) is 4.57 Å². The minimum atomic E-state index is -4.48. The molecule has 2 atom stereocenters. The van der Waals surface area contributed by atoms with Gasteiger partial charge in [-0.2, -0.15) is 13.2 Å². The summed E-state index contributed by atoms with van der Waals surface area (Å²) in [5, 5.41) is 0. The van der Waals surface area contributed by atoms with Gasteiger partial charge in [0.2, 0.25) is 0 Å². The molecule has 0 aromatic carbocycles. The number of nitrogens with zero attached hydrogens (tertiary/aromatic N) is 3. The van der Waals surface area contributed by atoms with Gasteiger partial charge < -0.3 is 14.2 Å². The van der Waals surface area contributed by atoms with Crippen molar-refractivity contribution in [1.29, 1.82) is 0 Å². The van der Waals surface area contributed by atoms with Crippen molar-refractivity contribution in [1.82, 2.24) is 14.5 Å². The van der Waals surface area contributed by atoms with Crippen LogP contribution in [0.1, 0.15) is 36.1 Å². The molecule has 2 aliphatic heterocycles. The van der Waals surface area contributed by atoms with Crippen molar-refractivity contribution < 1.29 is 22.7 Å². The monoisotopic (exact) mass is 317 g/mol. The number of fused-ring (bicyclic) bond motifs is 1.